The van der Waals surface area contributed by atoms with Gasteiger partial charge in [0.25, 0.3) is 0 Å². The van der Waals surface area contributed by atoms with Crippen LogP contribution in [0.5, 0.6) is 0 Å². The minimum absolute atomic E-state index is 0.158. The molecule has 10 atom stereocenters. The van der Waals surface area contributed by atoms with E-state index in [4.69, 9.17) is 0 Å². The van der Waals surface area contributed by atoms with Gasteiger partial charge in [-0.2, -0.15) is 0 Å². The Morgan fingerprint density at radius 3 is 2.27 bits per heavy atom. The number of Topliss-reactive ketones (excluding diaryl/α,β-unsaturated/α-hetero) is 1. The van der Waals surface area contributed by atoms with Crippen molar-refractivity contribution in [3.8, 4) is 0 Å². The molecule has 30 heavy (non-hydrogen) atoms. The molecule has 4 rings (SSSR count). The second kappa shape index (κ2) is 8.18. The van der Waals surface area contributed by atoms with Gasteiger partial charge >= 0.3 is 0 Å². The quantitative estimate of drug-likeness (QED) is 0.609. The molecule has 0 saturated heterocycles. The maximum absolute atomic E-state index is 12.2. The summed E-state index contributed by atoms with van der Waals surface area (Å²) < 4.78 is 0. The molecule has 0 aliphatic heterocycles. The first-order valence-electron chi connectivity index (χ1n) is 13.0. The highest BCUT2D eigenvalue weighted by Gasteiger charge is 2.62. The van der Waals surface area contributed by atoms with Gasteiger partial charge in [0.1, 0.15) is 5.78 Å². The van der Waals surface area contributed by atoms with Crippen LogP contribution in [0.1, 0.15) is 98.8 Å². The molecular weight excluding hydrogens is 372 g/mol. The van der Waals surface area contributed by atoms with Gasteiger partial charge < -0.3 is 10.2 Å². The van der Waals surface area contributed by atoms with E-state index in [1.165, 1.54) is 25.7 Å². The predicted octanol–water partition coefficient (Wildman–Crippen LogP) is 5.62. The highest BCUT2D eigenvalue weighted by atomic mass is 16.3. The smallest absolute Gasteiger partial charge is 0.135 e. The number of aliphatic hydroxyl groups is 2. The maximum Gasteiger partial charge on any atom is 0.135 e. The highest BCUT2D eigenvalue weighted by molar-refractivity contribution is 5.80. The molecule has 0 radical (unpaired) electrons. The van der Waals surface area contributed by atoms with Crippen molar-refractivity contribution in [3.05, 3.63) is 0 Å². The lowest BCUT2D eigenvalue weighted by Gasteiger charge is -2.62. The van der Waals surface area contributed by atoms with Crippen molar-refractivity contribution in [1.82, 2.24) is 0 Å². The molecule has 0 aromatic rings. The molecule has 172 valence electrons. The summed E-state index contributed by atoms with van der Waals surface area (Å²) in [7, 11) is 0. The Bertz CT molecular complexity index is 644. The van der Waals surface area contributed by atoms with E-state index in [2.05, 4.69) is 20.8 Å². The molecule has 4 aliphatic rings. The van der Waals surface area contributed by atoms with E-state index in [1.807, 2.05) is 13.8 Å². The van der Waals surface area contributed by atoms with Gasteiger partial charge in [0.2, 0.25) is 0 Å². The van der Waals surface area contributed by atoms with Crippen LogP contribution in [0.4, 0.5) is 0 Å². The number of carbonyl (C=O) groups excluding carboxylic acids is 1. The number of hydrogen-bond donors (Lipinski definition) is 2. The summed E-state index contributed by atoms with van der Waals surface area (Å²) in [4.78, 5) is 12.2. The zero-order valence-electron chi connectivity index (χ0n) is 20.1. The Morgan fingerprint density at radius 2 is 1.57 bits per heavy atom. The Hall–Kier alpha value is -0.410. The summed E-state index contributed by atoms with van der Waals surface area (Å²) >= 11 is 0. The van der Waals surface area contributed by atoms with Crippen LogP contribution in [0, 0.1) is 52.3 Å². The van der Waals surface area contributed by atoms with Gasteiger partial charge in [-0.15, -0.1) is 0 Å². The summed E-state index contributed by atoms with van der Waals surface area (Å²) in [5.41, 5.74) is 0.578. The average Bonchev–Trinajstić information content (AvgIpc) is 3.04. The maximum atomic E-state index is 12.2. The largest absolute Gasteiger partial charge is 0.393 e. The Morgan fingerprint density at radius 1 is 0.900 bits per heavy atom. The first kappa shape index (κ1) is 22.8. The van der Waals surface area contributed by atoms with Crippen molar-refractivity contribution >= 4 is 5.78 Å². The number of rotatable bonds is 5. The molecule has 0 heterocycles. The number of hydrogen-bond acceptors (Lipinski definition) is 3. The van der Waals surface area contributed by atoms with Crippen LogP contribution in [0.25, 0.3) is 0 Å². The molecule has 3 nitrogen and oxygen atoms in total. The van der Waals surface area contributed by atoms with E-state index in [9.17, 15) is 15.0 Å². The lowest BCUT2D eigenvalue weighted by molar-refractivity contribution is -0.172. The van der Waals surface area contributed by atoms with Gasteiger partial charge in [0.05, 0.1) is 12.2 Å². The van der Waals surface area contributed by atoms with Gasteiger partial charge in [-0.3, -0.25) is 4.79 Å². The first-order chi connectivity index (χ1) is 14.1. The molecule has 0 bridgehead atoms. The summed E-state index contributed by atoms with van der Waals surface area (Å²) in [5, 5.41) is 21.4. The van der Waals surface area contributed by atoms with Gasteiger partial charge in [0.15, 0.2) is 0 Å². The fraction of sp³-hybridized carbons (Fsp3) is 0.963. The van der Waals surface area contributed by atoms with Crippen molar-refractivity contribution in [1.29, 1.82) is 0 Å². The van der Waals surface area contributed by atoms with E-state index in [-0.39, 0.29) is 29.5 Å². The van der Waals surface area contributed by atoms with E-state index < -0.39 is 0 Å². The molecule has 0 amide bonds. The first-order valence-corrected chi connectivity index (χ1v) is 13.0. The number of aliphatic hydroxyl groups excluding tert-OH is 2. The van der Waals surface area contributed by atoms with Crippen LogP contribution in [-0.4, -0.2) is 28.2 Å². The minimum atomic E-state index is -0.242. The third kappa shape index (κ3) is 3.60. The fourth-order valence-electron chi connectivity index (χ4n) is 9.11. The second-order valence-corrected chi connectivity index (χ2v) is 12.6. The van der Waals surface area contributed by atoms with Gasteiger partial charge in [0, 0.05) is 12.3 Å². The van der Waals surface area contributed by atoms with Gasteiger partial charge in [-0.25, -0.2) is 0 Å². The van der Waals surface area contributed by atoms with E-state index >= 15 is 0 Å². The Kier molecular flexibility index (Phi) is 6.21. The summed E-state index contributed by atoms with van der Waals surface area (Å²) in [6, 6.07) is 0. The van der Waals surface area contributed by atoms with E-state index in [0.29, 0.717) is 29.0 Å². The number of carbonyl (C=O) groups is 1. The predicted molar refractivity (Wildman–Crippen MR) is 121 cm³/mol. The lowest BCUT2D eigenvalue weighted by Crippen LogP contribution is -2.58. The second-order valence-electron chi connectivity index (χ2n) is 12.6. The molecule has 0 aromatic heterocycles. The Balaban J connectivity index is 1.50. The van der Waals surface area contributed by atoms with Gasteiger partial charge in [-0.05, 0) is 104 Å². The van der Waals surface area contributed by atoms with Crippen LogP contribution in [-0.2, 0) is 4.79 Å². The highest BCUT2D eigenvalue weighted by Crippen LogP contribution is 2.68. The van der Waals surface area contributed by atoms with E-state index in [1.54, 1.807) is 0 Å². The molecule has 4 fully saturated rings. The van der Waals surface area contributed by atoms with Crippen molar-refractivity contribution in [2.75, 3.05) is 0 Å². The summed E-state index contributed by atoms with van der Waals surface area (Å²) in [5.74, 6) is 4.27. The lowest BCUT2D eigenvalue weighted by atomic mass is 9.44. The van der Waals surface area contributed by atoms with Gasteiger partial charge in [-0.1, -0.05) is 34.6 Å². The number of fused-ring (bicyclic) bond motifs is 5. The zero-order valence-corrected chi connectivity index (χ0v) is 20.1. The molecule has 3 heteroatoms. The molecule has 4 saturated carbocycles. The topological polar surface area (TPSA) is 57.5 Å². The van der Waals surface area contributed by atoms with E-state index in [0.717, 1.165) is 50.4 Å². The average molecular weight is 419 g/mol. The molecule has 0 aromatic carbocycles. The van der Waals surface area contributed by atoms with Crippen molar-refractivity contribution < 1.29 is 15.0 Å². The minimum Gasteiger partial charge on any atom is -0.393 e. The number of ketones is 1. The van der Waals surface area contributed by atoms with Crippen molar-refractivity contribution in [2.24, 2.45) is 52.3 Å². The third-order valence-corrected chi connectivity index (χ3v) is 10.9. The van der Waals surface area contributed by atoms with Crippen LogP contribution in [0.2, 0.25) is 0 Å². The molecule has 0 spiro atoms. The molecular formula is C27H46O3. The molecule has 2 N–H and O–H groups in total. The molecule has 4 aliphatic carbocycles. The SMILES string of the molecule is CC(C)C(=O)CC[C@@H](C)[C@H]1CC[C@H]2[C@@H]3CC(O)[C@@H]4C[C@H](O)CC[C@]4(C)[C@H]3CC[C@]12C. The monoisotopic (exact) mass is 418 g/mol. The van der Waals surface area contributed by atoms with Crippen molar-refractivity contribution in [3.63, 3.8) is 0 Å². The van der Waals surface area contributed by atoms with Crippen LogP contribution in [0.15, 0.2) is 0 Å². The van der Waals surface area contributed by atoms with Crippen molar-refractivity contribution in [2.45, 2.75) is 111 Å². The van der Waals surface area contributed by atoms with Crippen LogP contribution < -0.4 is 0 Å². The molecule has 1 unspecified atom stereocenters. The van der Waals surface area contributed by atoms with Crippen LogP contribution >= 0.6 is 0 Å². The normalized spacial score (nSPS) is 49.3. The third-order valence-electron chi connectivity index (χ3n) is 10.9. The Labute approximate surface area is 184 Å². The summed E-state index contributed by atoms with van der Waals surface area (Å²) in [6.45, 7) is 11.4. The standard InChI is InChI=1S/C27H46O3/c1-16(2)24(29)9-6-17(3)20-7-8-21-19-15-25(30)23-14-18(28)10-12-27(23,5)22(19)11-13-26(20,21)4/h16-23,25,28,30H,6-15H2,1-5H3/t17-,18-,19+,20-,21+,22+,23+,25?,26-,27-/m1/s1. The van der Waals surface area contributed by atoms with Crippen LogP contribution in [0.3, 0.4) is 0 Å². The summed E-state index contributed by atoms with van der Waals surface area (Å²) in [6.07, 6.45) is 10.3. The zero-order chi connectivity index (χ0) is 21.8. The fourth-order valence-corrected chi connectivity index (χ4v) is 9.11.